The van der Waals surface area contributed by atoms with E-state index in [1.54, 1.807) is 62.1 Å². The third-order valence-corrected chi connectivity index (χ3v) is 23.2. The highest BCUT2D eigenvalue weighted by Crippen LogP contribution is 2.43. The second-order valence-corrected chi connectivity index (χ2v) is 32.5. The zero-order chi connectivity index (χ0) is 72.4. The highest BCUT2D eigenvalue weighted by molar-refractivity contribution is 7.40. The third kappa shape index (κ3) is 17.4. The molecular formula is C57H79N21O19P5+5. The van der Waals surface area contributed by atoms with Crippen LogP contribution in [0, 0.1) is 20.8 Å². The Bertz CT molecular complexity index is 4480. The van der Waals surface area contributed by atoms with Gasteiger partial charge in [0.25, 0.3) is 5.56 Å². The third-order valence-electron chi connectivity index (χ3n) is 17.4. The van der Waals surface area contributed by atoms with Gasteiger partial charge >= 0.3 is 52.1 Å². The van der Waals surface area contributed by atoms with Crippen LogP contribution in [0.2, 0.25) is 0 Å². The molecule has 0 radical (unpaired) electrons. The van der Waals surface area contributed by atoms with Crippen LogP contribution in [0.4, 0.5) is 11.8 Å². The first-order valence-electron chi connectivity index (χ1n) is 32.6. The maximum Gasteiger partial charge on any atom is 0.616 e. The zero-order valence-corrected chi connectivity index (χ0v) is 61.3. The highest BCUT2D eigenvalue weighted by atomic mass is 31.1. The number of morpholine rings is 5. The van der Waals surface area contributed by atoms with Gasteiger partial charge in [0.1, 0.15) is 81.1 Å². The minimum Gasteiger partial charge on any atom is -0.382 e. The lowest BCUT2D eigenvalue weighted by Gasteiger charge is -2.39. The van der Waals surface area contributed by atoms with Crippen molar-refractivity contribution in [3.8, 4) is 0 Å². The lowest BCUT2D eigenvalue weighted by atomic mass is 10.2. The van der Waals surface area contributed by atoms with Crippen molar-refractivity contribution < 1.29 is 73.9 Å². The maximum absolute atomic E-state index is 14.8. The molecule has 0 aromatic carbocycles. The van der Waals surface area contributed by atoms with Crippen LogP contribution >= 0.6 is 40.7 Å². The van der Waals surface area contributed by atoms with E-state index in [1.807, 2.05) is 13.8 Å². The molecule has 45 heteroatoms. The number of nitrogens with zero attached hydrogens (tertiary/aromatic N) is 18. The van der Waals surface area contributed by atoms with E-state index in [1.165, 1.54) is 70.8 Å². The topological polar surface area (TPSA) is 458 Å². The van der Waals surface area contributed by atoms with Crippen molar-refractivity contribution >= 4 is 80.6 Å². The van der Waals surface area contributed by atoms with Gasteiger partial charge in [0, 0.05) is 55.5 Å². The van der Waals surface area contributed by atoms with Crippen molar-refractivity contribution in [3.63, 3.8) is 0 Å². The number of aromatic nitrogens is 14. The largest absolute Gasteiger partial charge is 0.616 e. The van der Waals surface area contributed by atoms with E-state index in [4.69, 9.17) is 57.8 Å². The van der Waals surface area contributed by atoms with E-state index in [0.717, 1.165) is 0 Å². The van der Waals surface area contributed by atoms with Crippen molar-refractivity contribution in [1.29, 1.82) is 0 Å². The van der Waals surface area contributed by atoms with E-state index in [0.29, 0.717) is 30.2 Å². The van der Waals surface area contributed by atoms with E-state index in [2.05, 4.69) is 49.8 Å². The number of H-pyrrole nitrogens is 1. The van der Waals surface area contributed by atoms with Gasteiger partial charge in [-0.25, -0.2) is 34.5 Å². The molecule has 5 fully saturated rings. The second kappa shape index (κ2) is 32.6. The molecule has 5 saturated heterocycles. The molecule has 5 unspecified atom stereocenters. The van der Waals surface area contributed by atoms with Gasteiger partial charge in [-0.05, 0) is 83.4 Å². The number of carbonyl (C=O) groups is 1. The predicted molar refractivity (Wildman–Crippen MR) is 361 cm³/mol. The molecule has 546 valence electrons. The molecule has 0 saturated carbocycles. The molecule has 7 aromatic rings. The van der Waals surface area contributed by atoms with Crippen LogP contribution in [0.15, 0.2) is 64.2 Å². The number of anilines is 2. The summed E-state index contributed by atoms with van der Waals surface area (Å²) in [5.41, 5.74) is 12.5. The molecule has 0 spiro atoms. The van der Waals surface area contributed by atoms with E-state index >= 15 is 0 Å². The summed E-state index contributed by atoms with van der Waals surface area (Å²) >= 11 is 0. The van der Waals surface area contributed by atoms with E-state index in [-0.39, 0.29) is 143 Å². The van der Waals surface area contributed by atoms with Gasteiger partial charge in [-0.1, -0.05) is 18.7 Å². The molecule has 5 aliphatic rings. The van der Waals surface area contributed by atoms with Gasteiger partial charge in [-0.15, -0.1) is 22.6 Å². The van der Waals surface area contributed by atoms with Gasteiger partial charge in [-0.2, -0.15) is 15.0 Å². The predicted octanol–water partition coefficient (Wildman–Crippen LogP) is 3.93. The number of nitrogens with one attached hydrogen (secondary N) is 1. The average Bonchev–Trinajstić information content (AvgIpc) is 1.66. The molecule has 0 bridgehead atoms. The smallest absolute Gasteiger partial charge is 0.382 e. The van der Waals surface area contributed by atoms with Crippen molar-refractivity contribution in [1.82, 2.24) is 91.3 Å². The number of nitrogens with two attached hydrogens (primary N) is 2. The van der Waals surface area contributed by atoms with Gasteiger partial charge < -0.3 is 39.7 Å². The number of fused-ring (bicyclic) bond motifs is 2. The molecule has 102 heavy (non-hydrogen) atoms. The Balaban J connectivity index is 0.740. The zero-order valence-electron chi connectivity index (χ0n) is 56.9. The Kier molecular flexibility index (Phi) is 23.9. The number of hydrogen-bond acceptors (Lipinski definition) is 30. The summed E-state index contributed by atoms with van der Waals surface area (Å²) in [7, 11) is -13.1. The van der Waals surface area contributed by atoms with Crippen molar-refractivity contribution in [2.45, 2.75) is 129 Å². The second-order valence-electron chi connectivity index (χ2n) is 25.4. The van der Waals surface area contributed by atoms with Crippen LogP contribution in [-0.4, -0.2) is 238 Å². The van der Waals surface area contributed by atoms with E-state index < -0.39 is 119 Å². The maximum atomic E-state index is 14.8. The minimum absolute atomic E-state index is 0.0117. The lowest BCUT2D eigenvalue weighted by molar-refractivity contribution is -0.140. The Labute approximate surface area is 586 Å². The number of hydrogen-bond donors (Lipinski definition) is 3. The number of ketones is 1. The van der Waals surface area contributed by atoms with Crippen LogP contribution in [-0.2, 0) is 69.1 Å². The van der Waals surface area contributed by atoms with Crippen molar-refractivity contribution in [2.24, 2.45) is 0 Å². The number of Topliss-reactive ketones (excluding diaryl/α,β-unsaturated/α-hetero) is 1. The summed E-state index contributed by atoms with van der Waals surface area (Å²) in [5, 5.41) is 0. The standard InChI is InChI=1S/C57H78N21O19P5/c1-32(2)69-13-38(93-43(18-69)74-11-9-34(5)65-56(74)81)24-89-101(86)73-17-42(97-47(22-73)78-31-64-50-53(78)67-55(59)68-54(50)80)27-92-102(87)72-16-41(96-46(21-72)77-30-63-49-51(58)60-28-61-52(49)77)26-91-99(84)70-15-40(94-44(19-70)75-12-10-35(6)66-57(75)82)25-90-100(85)71-14-39(23-88-98(83)33(3)4)95-45(20-71)76-29-62-48(36(76)7)37(8)79/h9-12,28-33,38-47H,13-27H2,1-8H3,(H4-,58,59,60,61,67,68,80)/q+4/p+1/t38-,39-,40-,41-,42-,43+,44+,45+,46+,47+/m0/s1. The Morgan fingerprint density at radius 2 is 0.931 bits per heavy atom. The van der Waals surface area contributed by atoms with Gasteiger partial charge in [0.15, 0.2) is 65.2 Å². The SMILES string of the molecule is CC(=O)c1ncn([C@H]2CN([P+](=O)OC[C@@H]3CN([P+](=O)OC[C@@H]4CN([P+](=O)OC[C@@H]5CN([P+](=O)OC[C@@H]6CN(C(C)C)C[C@H](n7ccc(C)nc7=O)O6)C[C@H](n6cnc7c(=O)[nH]c(N)nc76)O5)C[C@H](n5cnc6c(N)ncnc65)O4)C[C@H](n4ccc(C)nc4=O)O3)C[C@@H](CO[P+](=O)C(C)C)O2)c1C. The van der Waals surface area contributed by atoms with Gasteiger partial charge in [-0.3, -0.25) is 37.7 Å². The van der Waals surface area contributed by atoms with Gasteiger partial charge in [0.05, 0.1) is 71.3 Å². The summed E-state index contributed by atoms with van der Waals surface area (Å²) in [4.78, 5) is 90.3. The van der Waals surface area contributed by atoms with Crippen LogP contribution in [0.25, 0.3) is 22.3 Å². The quantitative estimate of drug-likeness (QED) is 0.0485. The molecule has 7 aromatic heterocycles. The Hall–Kier alpha value is -6.96. The fourth-order valence-corrected chi connectivity index (χ4v) is 17.0. The molecule has 12 rings (SSSR count). The molecule has 0 aliphatic carbocycles. The molecule has 5 aliphatic heterocycles. The van der Waals surface area contributed by atoms with E-state index in [9.17, 15) is 42.0 Å². The summed E-state index contributed by atoms with van der Waals surface area (Å²) in [6.45, 7) is 12.8. The summed E-state index contributed by atoms with van der Waals surface area (Å²) < 4.78 is 147. The Morgan fingerprint density at radius 1 is 0.520 bits per heavy atom. The molecule has 40 nitrogen and oxygen atoms in total. The fourth-order valence-electron chi connectivity index (χ4n) is 12.2. The molecular weight excluding hydrogens is 1440 g/mol. The normalized spacial score (nSPS) is 25.4. The first-order valence-corrected chi connectivity index (χ1v) is 38.4. The molecule has 15 atom stereocenters. The molecule has 12 heterocycles. The van der Waals surface area contributed by atoms with Crippen LogP contribution in [0.3, 0.4) is 0 Å². The molecule has 0 amide bonds. The summed E-state index contributed by atoms with van der Waals surface area (Å²) in [6, 6.07) is 3.37. The van der Waals surface area contributed by atoms with Crippen LogP contribution in [0.5, 0.6) is 0 Å². The monoisotopic (exact) mass is 1520 g/mol. The minimum atomic E-state index is -2.82. The first-order chi connectivity index (χ1) is 48.8. The summed E-state index contributed by atoms with van der Waals surface area (Å²) in [5.74, 6) is -0.369. The number of aryl methyl sites for hydroxylation is 2. The highest BCUT2D eigenvalue weighted by Gasteiger charge is 2.50. The molecule has 5 N–H and O–H groups in total. The number of aromatic amines is 1. The lowest BCUT2D eigenvalue weighted by Crippen LogP contribution is -2.51. The average molecular weight is 1520 g/mol. The fraction of sp³-hybridized carbons (Fsp3) is 0.614. The van der Waals surface area contributed by atoms with Crippen LogP contribution in [0.1, 0.15) is 93.3 Å². The van der Waals surface area contributed by atoms with Crippen molar-refractivity contribution in [3.05, 3.63) is 104 Å². The number of nitrogen functional groups attached to an aromatic ring is 2. The Morgan fingerprint density at radius 3 is 1.37 bits per heavy atom. The van der Waals surface area contributed by atoms with Crippen molar-refractivity contribution in [2.75, 3.05) is 110 Å². The number of rotatable bonds is 27. The first kappa shape index (κ1) is 74.7. The number of ether oxygens (including phenoxy) is 5. The number of carbonyl (C=O) groups excluding carboxylic acids is 1. The number of imidazole rings is 3. The van der Waals surface area contributed by atoms with Gasteiger partial charge in [0.2, 0.25) is 5.95 Å². The van der Waals surface area contributed by atoms with Crippen LogP contribution < -0.4 is 28.4 Å². The summed E-state index contributed by atoms with van der Waals surface area (Å²) in [6.07, 6.45) is -0.487.